The molecule has 360 valence electrons. The summed E-state index contributed by atoms with van der Waals surface area (Å²) in [5.41, 5.74) is 5.34. The van der Waals surface area contributed by atoms with Gasteiger partial charge in [-0.2, -0.15) is 0 Å². The smallest absolute Gasteiger partial charge is 0.462 e. The summed E-state index contributed by atoms with van der Waals surface area (Å²) in [5, 5.41) is 30.4. The Morgan fingerprint density at radius 2 is 1.08 bits per heavy atom. The Kier molecular flexibility index (Phi) is 42.1. The van der Waals surface area contributed by atoms with E-state index in [4.69, 9.17) is 24.3 Å². The Morgan fingerprint density at radius 1 is 0.597 bits per heavy atom. The summed E-state index contributed by atoms with van der Waals surface area (Å²) in [6.07, 6.45) is 42.0. The summed E-state index contributed by atoms with van der Waals surface area (Å²) in [5.74, 6) is -1.16. The van der Waals surface area contributed by atoms with Crippen LogP contribution in [0.2, 0.25) is 0 Å². The highest BCUT2D eigenvalue weighted by Gasteiger charge is 2.26. The lowest BCUT2D eigenvalue weighted by Crippen LogP contribution is -2.30. The van der Waals surface area contributed by atoms with Crippen LogP contribution in [0.3, 0.4) is 0 Å². The first kappa shape index (κ1) is 59.6. The van der Waals surface area contributed by atoms with E-state index < -0.39 is 57.4 Å². The first-order chi connectivity index (χ1) is 30.0. The molecule has 0 spiro atoms. The molecule has 0 rings (SSSR count). The molecule has 13 heteroatoms. The molecule has 6 N–H and O–H groups in total. The lowest BCUT2D eigenvalue weighted by atomic mass is 10.0. The number of hydrogen-bond donors (Lipinski definition) is 5. The Hall–Kier alpha value is -2.41. The van der Waals surface area contributed by atoms with Crippen LogP contribution in [0, 0.1) is 0 Å². The van der Waals surface area contributed by atoms with Gasteiger partial charge in [0.1, 0.15) is 6.61 Å². The van der Waals surface area contributed by atoms with Gasteiger partial charge in [0.05, 0.1) is 31.5 Å². The van der Waals surface area contributed by atoms with Crippen LogP contribution in [0.1, 0.15) is 187 Å². The second kappa shape index (κ2) is 43.8. The van der Waals surface area contributed by atoms with Gasteiger partial charge in [-0.15, -0.1) is 0 Å². The molecule has 0 aliphatic rings. The molecule has 0 amide bonds. The van der Waals surface area contributed by atoms with Crippen molar-refractivity contribution in [2.24, 2.45) is 5.73 Å². The van der Waals surface area contributed by atoms with Crippen molar-refractivity contribution < 1.29 is 52.9 Å². The van der Waals surface area contributed by atoms with Gasteiger partial charge in [-0.1, -0.05) is 203 Å². The average Bonchev–Trinajstić information content (AvgIpc) is 3.25. The number of carbonyl (C=O) groups excluding carboxylic acids is 2. The third kappa shape index (κ3) is 41.6. The van der Waals surface area contributed by atoms with E-state index in [1.807, 2.05) is 19.1 Å². The van der Waals surface area contributed by atoms with Crippen LogP contribution < -0.4 is 5.73 Å². The Morgan fingerprint density at radius 3 is 1.60 bits per heavy atom. The topological polar surface area (TPSA) is 195 Å². The Balaban J connectivity index is 4.35. The highest BCUT2D eigenvalue weighted by molar-refractivity contribution is 7.47. The number of hydrogen-bond acceptors (Lipinski definition) is 11. The summed E-state index contributed by atoms with van der Waals surface area (Å²) >= 11 is 0. The lowest BCUT2D eigenvalue weighted by molar-refractivity contribution is -0.161. The number of allylic oxidation sites excluding steroid dienone is 7. The van der Waals surface area contributed by atoms with Gasteiger partial charge in [0.25, 0.3) is 0 Å². The van der Waals surface area contributed by atoms with Crippen LogP contribution in [0.25, 0.3) is 0 Å². The maximum absolute atomic E-state index is 12.6. The minimum absolute atomic E-state index is 0.00308. The minimum Gasteiger partial charge on any atom is -0.462 e. The zero-order valence-electron chi connectivity index (χ0n) is 38.7. The molecule has 0 saturated carbocycles. The highest BCUT2D eigenvalue weighted by Crippen LogP contribution is 2.43. The van der Waals surface area contributed by atoms with Crippen molar-refractivity contribution in [3.63, 3.8) is 0 Å². The van der Waals surface area contributed by atoms with E-state index in [9.17, 15) is 34.4 Å². The first-order valence-corrected chi connectivity index (χ1v) is 25.6. The minimum atomic E-state index is -4.47. The summed E-state index contributed by atoms with van der Waals surface area (Å²) in [4.78, 5) is 35.0. The molecular weight excluding hydrogens is 810 g/mol. The number of carbonyl (C=O) groups is 2. The Bertz CT molecular complexity index is 1250. The number of esters is 2. The largest absolute Gasteiger partial charge is 0.472 e. The summed E-state index contributed by atoms with van der Waals surface area (Å²) in [7, 11) is -4.47. The van der Waals surface area contributed by atoms with Crippen LogP contribution in [0.4, 0.5) is 0 Å². The summed E-state index contributed by atoms with van der Waals surface area (Å²) < 4.78 is 32.6. The van der Waals surface area contributed by atoms with Crippen LogP contribution >= 0.6 is 7.82 Å². The number of phosphoric acid groups is 1. The molecule has 0 fully saturated rings. The fourth-order valence-electron chi connectivity index (χ4n) is 6.57. The van der Waals surface area contributed by atoms with Crippen molar-refractivity contribution in [2.45, 2.75) is 212 Å². The molecule has 0 aromatic rings. The predicted octanol–water partition coefficient (Wildman–Crippen LogP) is 11.0. The number of aliphatic hydroxyl groups excluding tert-OH is 3. The molecule has 0 aliphatic carbocycles. The van der Waals surface area contributed by atoms with Crippen molar-refractivity contribution in [3.8, 4) is 0 Å². The van der Waals surface area contributed by atoms with Crippen LogP contribution in [-0.2, 0) is 32.7 Å². The first-order valence-electron chi connectivity index (χ1n) is 24.1. The molecule has 12 nitrogen and oxygen atoms in total. The summed E-state index contributed by atoms with van der Waals surface area (Å²) in [6.45, 7) is 3.16. The van der Waals surface area contributed by atoms with E-state index in [2.05, 4.69) is 6.92 Å². The molecular formula is C49H88NO11P. The molecule has 0 bridgehead atoms. The van der Waals surface area contributed by atoms with Crippen molar-refractivity contribution in [1.29, 1.82) is 0 Å². The molecule has 0 heterocycles. The van der Waals surface area contributed by atoms with Gasteiger partial charge >= 0.3 is 19.8 Å². The zero-order valence-corrected chi connectivity index (χ0v) is 39.6. The van der Waals surface area contributed by atoms with Gasteiger partial charge in [0.2, 0.25) is 0 Å². The summed E-state index contributed by atoms with van der Waals surface area (Å²) in [6, 6.07) is 0. The molecule has 0 saturated heterocycles. The standard InChI is InChI=1S/C49H88NO11P/c1-3-5-7-8-9-10-11-12-13-14-15-16-17-18-19-20-21-22-23-28-32-38-49(55)61-45(43-60-62(56,57)59-41-40-50)42-58-48(54)39-33-37-47(53)46(52)36-31-27-25-24-26-30-35-44(51)34-29-6-4-2/h6,24-27,29-31,35-36,44-47,51-53H,3-5,7-23,28,32-34,37-43,50H2,1-2H3,(H,56,57)/b26-24+,27-25-,29-6-,35-30+,36-31-/t44-,45-,46+,47+/m1/s1. The fraction of sp³-hybridized carbons (Fsp3) is 0.755. The van der Waals surface area contributed by atoms with E-state index in [0.717, 1.165) is 25.7 Å². The molecule has 1 unspecified atom stereocenters. The van der Waals surface area contributed by atoms with Gasteiger partial charge in [-0.3, -0.25) is 18.6 Å². The zero-order chi connectivity index (χ0) is 45.8. The second-order valence-corrected chi connectivity index (χ2v) is 17.6. The van der Waals surface area contributed by atoms with E-state index in [-0.39, 0.29) is 38.8 Å². The molecule has 5 atom stereocenters. The quantitative estimate of drug-likeness (QED) is 0.0128. The normalized spacial score (nSPS) is 15.3. The highest BCUT2D eigenvalue weighted by atomic mass is 31.2. The van der Waals surface area contributed by atoms with Crippen molar-refractivity contribution in [1.82, 2.24) is 0 Å². The molecule has 62 heavy (non-hydrogen) atoms. The van der Waals surface area contributed by atoms with Gasteiger partial charge in [-0.05, 0) is 32.1 Å². The van der Waals surface area contributed by atoms with Gasteiger partial charge in [0.15, 0.2) is 6.10 Å². The molecule has 0 aliphatic heterocycles. The van der Waals surface area contributed by atoms with Crippen LogP contribution in [-0.4, -0.2) is 82.9 Å². The number of nitrogens with two attached hydrogens (primary N) is 1. The van der Waals surface area contributed by atoms with E-state index in [1.165, 1.54) is 115 Å². The maximum Gasteiger partial charge on any atom is 0.472 e. The fourth-order valence-corrected chi connectivity index (χ4v) is 7.33. The molecule has 0 aromatic carbocycles. The monoisotopic (exact) mass is 898 g/mol. The number of phosphoric ester groups is 1. The third-order valence-corrected chi connectivity index (χ3v) is 11.2. The predicted molar refractivity (Wildman–Crippen MR) is 251 cm³/mol. The van der Waals surface area contributed by atoms with E-state index in [0.29, 0.717) is 12.8 Å². The second-order valence-electron chi connectivity index (χ2n) is 16.2. The van der Waals surface area contributed by atoms with Crippen LogP contribution in [0.15, 0.2) is 60.8 Å². The van der Waals surface area contributed by atoms with Crippen LogP contribution in [0.5, 0.6) is 0 Å². The van der Waals surface area contributed by atoms with Gasteiger partial charge in [-0.25, -0.2) is 4.57 Å². The van der Waals surface area contributed by atoms with Gasteiger partial charge < -0.3 is 35.4 Å². The van der Waals surface area contributed by atoms with Crippen molar-refractivity contribution in [3.05, 3.63) is 60.8 Å². The lowest BCUT2D eigenvalue weighted by Gasteiger charge is -2.20. The molecule has 0 aromatic heterocycles. The number of ether oxygens (including phenoxy) is 2. The average molecular weight is 898 g/mol. The SMILES string of the molecule is CC/C=C\C[C@@H](O)/C=C/C=C/C=C\C=C/[C@H](O)[C@@H](O)CCCC(=O)OC[C@H](COP(=O)(O)OCCN)OC(=O)CCCCCCCCCCCCCCCCCCCCCCC. The van der Waals surface area contributed by atoms with E-state index >= 15 is 0 Å². The number of rotatable bonds is 44. The van der Waals surface area contributed by atoms with E-state index in [1.54, 1.807) is 42.5 Å². The number of aliphatic hydroxyl groups is 3. The van der Waals surface area contributed by atoms with Gasteiger partial charge in [0, 0.05) is 19.4 Å². The number of unbranched alkanes of at least 4 members (excludes halogenated alkanes) is 20. The van der Waals surface area contributed by atoms with Crippen molar-refractivity contribution in [2.75, 3.05) is 26.4 Å². The maximum atomic E-state index is 12.6. The Labute approximate surface area is 376 Å². The third-order valence-electron chi connectivity index (χ3n) is 10.3. The molecule has 0 radical (unpaired) electrons. The van der Waals surface area contributed by atoms with Crippen molar-refractivity contribution >= 4 is 19.8 Å².